The Kier molecular flexibility index (Phi) is 6.16. The topological polar surface area (TPSA) is 53.4 Å². The van der Waals surface area contributed by atoms with Crippen molar-refractivity contribution in [3.05, 3.63) is 41.2 Å². The van der Waals surface area contributed by atoms with Gasteiger partial charge >= 0.3 is 0 Å². The van der Waals surface area contributed by atoms with E-state index in [1.54, 1.807) is 10.9 Å². The zero-order valence-corrected chi connectivity index (χ0v) is 16.2. The van der Waals surface area contributed by atoms with Gasteiger partial charge in [0.05, 0.1) is 17.6 Å². The van der Waals surface area contributed by atoms with E-state index in [0.29, 0.717) is 17.9 Å². The lowest BCUT2D eigenvalue weighted by Crippen LogP contribution is -2.46. The number of carbonyl (C=O) groups is 1. The quantitative estimate of drug-likeness (QED) is 0.843. The van der Waals surface area contributed by atoms with Crippen LogP contribution in [0.25, 0.3) is 0 Å². The van der Waals surface area contributed by atoms with E-state index >= 15 is 0 Å². The zero-order valence-electron chi connectivity index (χ0n) is 15.4. The van der Waals surface area contributed by atoms with Crippen LogP contribution in [0, 0.1) is 0 Å². The summed E-state index contributed by atoms with van der Waals surface area (Å²) in [7, 11) is 1.88. The van der Waals surface area contributed by atoms with Crippen LogP contribution in [0.2, 0.25) is 5.02 Å². The summed E-state index contributed by atoms with van der Waals surface area (Å²) in [6.07, 6.45) is 4.82. The predicted octanol–water partition coefficient (Wildman–Crippen LogP) is 2.79. The molecule has 0 saturated carbocycles. The van der Waals surface area contributed by atoms with Gasteiger partial charge in [-0.15, -0.1) is 0 Å². The van der Waals surface area contributed by atoms with Crippen LogP contribution in [0.15, 0.2) is 30.6 Å². The molecule has 140 valence electrons. The summed E-state index contributed by atoms with van der Waals surface area (Å²) < 4.78 is 1.75. The molecular weight excluding hydrogens is 350 g/mol. The molecule has 0 atom stereocenters. The smallest absolute Gasteiger partial charge is 0.224 e. The summed E-state index contributed by atoms with van der Waals surface area (Å²) in [5.41, 5.74) is 2.89. The maximum Gasteiger partial charge on any atom is 0.224 e. The molecule has 0 bridgehead atoms. The molecule has 0 spiro atoms. The van der Waals surface area contributed by atoms with Gasteiger partial charge in [0, 0.05) is 50.9 Å². The predicted molar refractivity (Wildman–Crippen MR) is 106 cm³/mol. The number of amides is 1. The Bertz CT molecular complexity index is 752. The molecule has 2 aromatic rings. The molecular formula is C19H26ClN5O. The standard InChI is InChI=1S/C19H26ClN5O/c1-3-24-8-10-25(11-9-24)18-6-5-16(20)12-17(18)22-19(26)7-4-15-13-21-23(2)14-15/h5-6,12-14H,3-4,7-11H2,1-2H3,(H,22,26). The molecule has 1 aliphatic rings. The molecule has 1 aromatic carbocycles. The molecule has 3 rings (SSSR count). The number of aromatic nitrogens is 2. The highest BCUT2D eigenvalue weighted by molar-refractivity contribution is 6.31. The molecule has 1 fully saturated rings. The van der Waals surface area contributed by atoms with Crippen molar-refractivity contribution in [2.24, 2.45) is 7.05 Å². The van der Waals surface area contributed by atoms with Gasteiger partial charge in [0.15, 0.2) is 0 Å². The van der Waals surface area contributed by atoms with Crippen molar-refractivity contribution >= 4 is 28.9 Å². The zero-order chi connectivity index (χ0) is 18.5. The lowest BCUT2D eigenvalue weighted by atomic mass is 10.1. The molecule has 1 aliphatic heterocycles. The maximum absolute atomic E-state index is 12.4. The van der Waals surface area contributed by atoms with Crippen molar-refractivity contribution in [1.82, 2.24) is 14.7 Å². The van der Waals surface area contributed by atoms with E-state index in [1.165, 1.54) is 0 Å². The summed E-state index contributed by atoms with van der Waals surface area (Å²) in [5.74, 6) is -0.00966. The van der Waals surface area contributed by atoms with Crippen molar-refractivity contribution in [3.8, 4) is 0 Å². The molecule has 6 nitrogen and oxygen atoms in total. The molecule has 0 radical (unpaired) electrons. The number of likely N-dealkylation sites (N-methyl/N-ethyl adjacent to an activating group) is 1. The molecule has 1 N–H and O–H groups in total. The lowest BCUT2D eigenvalue weighted by Gasteiger charge is -2.36. The molecule has 26 heavy (non-hydrogen) atoms. The van der Waals surface area contributed by atoms with Crippen LogP contribution in [0.5, 0.6) is 0 Å². The first-order valence-corrected chi connectivity index (χ1v) is 9.47. The molecule has 2 heterocycles. The number of nitrogens with zero attached hydrogens (tertiary/aromatic N) is 4. The molecule has 1 aromatic heterocycles. The number of nitrogens with one attached hydrogen (secondary N) is 1. The maximum atomic E-state index is 12.4. The first-order chi connectivity index (χ1) is 12.5. The second-order valence-corrected chi connectivity index (χ2v) is 7.09. The first kappa shape index (κ1) is 18.7. The van der Waals surface area contributed by atoms with Crippen LogP contribution in [-0.2, 0) is 18.3 Å². The van der Waals surface area contributed by atoms with E-state index in [1.807, 2.05) is 31.4 Å². The van der Waals surface area contributed by atoms with Crippen molar-refractivity contribution < 1.29 is 4.79 Å². The average molecular weight is 376 g/mol. The van der Waals surface area contributed by atoms with Gasteiger partial charge < -0.3 is 15.1 Å². The van der Waals surface area contributed by atoms with Crippen LogP contribution >= 0.6 is 11.6 Å². The van der Waals surface area contributed by atoms with Gasteiger partial charge in [-0.1, -0.05) is 18.5 Å². The third kappa shape index (κ3) is 4.77. The van der Waals surface area contributed by atoms with Crippen LogP contribution in [0.3, 0.4) is 0 Å². The highest BCUT2D eigenvalue weighted by atomic mass is 35.5. The van der Waals surface area contributed by atoms with Gasteiger partial charge in [-0.2, -0.15) is 5.10 Å². The normalized spacial score (nSPS) is 15.3. The van der Waals surface area contributed by atoms with Gasteiger partial charge in [-0.05, 0) is 36.7 Å². The number of halogens is 1. The van der Waals surface area contributed by atoms with Crippen LogP contribution in [0.1, 0.15) is 18.9 Å². The Labute approximate surface area is 159 Å². The molecule has 0 aliphatic carbocycles. The summed E-state index contributed by atoms with van der Waals surface area (Å²) in [6.45, 7) is 7.24. The second-order valence-electron chi connectivity index (χ2n) is 6.65. The Morgan fingerprint density at radius 1 is 1.27 bits per heavy atom. The summed E-state index contributed by atoms with van der Waals surface area (Å²) in [4.78, 5) is 17.2. The van der Waals surface area contributed by atoms with Crippen molar-refractivity contribution in [2.75, 3.05) is 42.9 Å². The van der Waals surface area contributed by atoms with E-state index in [4.69, 9.17) is 11.6 Å². The number of benzene rings is 1. The second kappa shape index (κ2) is 8.56. The van der Waals surface area contributed by atoms with Crippen molar-refractivity contribution in [1.29, 1.82) is 0 Å². The minimum atomic E-state index is -0.00966. The van der Waals surface area contributed by atoms with E-state index in [-0.39, 0.29) is 5.91 Å². The Morgan fingerprint density at radius 3 is 2.69 bits per heavy atom. The molecule has 0 unspecified atom stereocenters. The summed E-state index contributed by atoms with van der Waals surface area (Å²) in [5, 5.41) is 7.81. The van der Waals surface area contributed by atoms with Gasteiger partial charge in [-0.3, -0.25) is 9.48 Å². The van der Waals surface area contributed by atoms with E-state index in [0.717, 1.165) is 49.7 Å². The number of hydrogen-bond acceptors (Lipinski definition) is 4. The SMILES string of the molecule is CCN1CCN(c2ccc(Cl)cc2NC(=O)CCc2cnn(C)c2)CC1. The fourth-order valence-corrected chi connectivity index (χ4v) is 3.43. The monoisotopic (exact) mass is 375 g/mol. The fourth-order valence-electron chi connectivity index (χ4n) is 3.26. The third-order valence-corrected chi connectivity index (χ3v) is 5.03. The summed E-state index contributed by atoms with van der Waals surface area (Å²) in [6, 6.07) is 5.72. The number of carbonyl (C=O) groups excluding carboxylic acids is 1. The van der Waals surface area contributed by atoms with Gasteiger partial charge in [0.25, 0.3) is 0 Å². The number of piperazine rings is 1. The number of anilines is 2. The van der Waals surface area contributed by atoms with Crippen LogP contribution in [0.4, 0.5) is 11.4 Å². The molecule has 1 amide bonds. The molecule has 1 saturated heterocycles. The van der Waals surface area contributed by atoms with E-state index in [9.17, 15) is 4.79 Å². The number of aryl methyl sites for hydroxylation is 2. The van der Waals surface area contributed by atoms with E-state index in [2.05, 4.69) is 27.1 Å². The van der Waals surface area contributed by atoms with Crippen LogP contribution < -0.4 is 10.2 Å². The summed E-state index contributed by atoms with van der Waals surface area (Å²) >= 11 is 6.17. The van der Waals surface area contributed by atoms with Gasteiger partial charge in [-0.25, -0.2) is 0 Å². The Morgan fingerprint density at radius 2 is 2.04 bits per heavy atom. The molecule has 7 heteroatoms. The van der Waals surface area contributed by atoms with Gasteiger partial charge in [0.1, 0.15) is 0 Å². The number of rotatable bonds is 6. The average Bonchev–Trinajstić information content (AvgIpc) is 3.06. The van der Waals surface area contributed by atoms with Crippen molar-refractivity contribution in [3.63, 3.8) is 0 Å². The highest BCUT2D eigenvalue weighted by Crippen LogP contribution is 2.30. The largest absolute Gasteiger partial charge is 0.367 e. The number of hydrogen-bond donors (Lipinski definition) is 1. The van der Waals surface area contributed by atoms with Gasteiger partial charge in [0.2, 0.25) is 5.91 Å². The minimum absolute atomic E-state index is 0.00966. The lowest BCUT2D eigenvalue weighted by molar-refractivity contribution is -0.116. The third-order valence-electron chi connectivity index (χ3n) is 4.79. The first-order valence-electron chi connectivity index (χ1n) is 9.09. The van der Waals surface area contributed by atoms with Crippen LogP contribution in [-0.4, -0.2) is 53.3 Å². The van der Waals surface area contributed by atoms with Crippen molar-refractivity contribution in [2.45, 2.75) is 19.8 Å². The highest BCUT2D eigenvalue weighted by Gasteiger charge is 2.19. The minimum Gasteiger partial charge on any atom is -0.367 e. The van der Waals surface area contributed by atoms with E-state index < -0.39 is 0 Å². The Hall–Kier alpha value is -2.05. The Balaban J connectivity index is 1.64. The fraction of sp³-hybridized carbons (Fsp3) is 0.474.